The van der Waals surface area contributed by atoms with Crippen molar-refractivity contribution in [3.05, 3.63) is 82.4 Å². The zero-order chi connectivity index (χ0) is 21.8. The van der Waals surface area contributed by atoms with Gasteiger partial charge in [-0.1, -0.05) is 42.0 Å². The average molecular weight is 430 g/mol. The third-order valence-electron chi connectivity index (χ3n) is 4.51. The molecule has 31 heavy (non-hydrogen) atoms. The van der Waals surface area contributed by atoms with Crippen molar-refractivity contribution < 1.29 is 4.79 Å². The van der Waals surface area contributed by atoms with E-state index in [0.29, 0.717) is 28.1 Å². The number of Topliss-reactive ketones (excluding diaryl/α,β-unsaturated/α-hetero) is 1. The van der Waals surface area contributed by atoms with Crippen molar-refractivity contribution in [2.75, 3.05) is 5.43 Å². The Balaban J connectivity index is 1.57. The smallest absolute Gasteiger partial charge is 0.226 e. The molecule has 0 saturated heterocycles. The third-order valence-corrected chi connectivity index (χ3v) is 4.68. The van der Waals surface area contributed by atoms with Crippen LogP contribution >= 0.6 is 11.6 Å². The summed E-state index contributed by atoms with van der Waals surface area (Å²) in [5.74, 6) is 0.189. The minimum Gasteiger partial charge on any atom is -0.307 e. The molecule has 4 aromatic rings. The molecule has 1 N–H and O–H groups in total. The number of nitrogens with zero attached hydrogens (tertiary/aromatic N) is 6. The van der Waals surface area contributed by atoms with Crippen molar-refractivity contribution >= 4 is 40.6 Å². The van der Waals surface area contributed by atoms with Gasteiger partial charge < -0.3 is 4.57 Å². The van der Waals surface area contributed by atoms with Gasteiger partial charge in [0.15, 0.2) is 22.8 Å². The van der Waals surface area contributed by atoms with E-state index < -0.39 is 0 Å². The molecule has 2 heterocycles. The van der Waals surface area contributed by atoms with E-state index in [0.717, 1.165) is 11.1 Å². The maximum absolute atomic E-state index is 12.6. The van der Waals surface area contributed by atoms with Crippen molar-refractivity contribution in [2.45, 2.75) is 13.5 Å². The molecular formula is C22H16ClN7O. The number of imidazole rings is 1. The van der Waals surface area contributed by atoms with Gasteiger partial charge >= 0.3 is 0 Å². The summed E-state index contributed by atoms with van der Waals surface area (Å²) in [5.41, 5.74) is 6.74. The molecule has 9 heteroatoms. The topological polar surface area (TPSA) is 109 Å². The maximum atomic E-state index is 12.6. The summed E-state index contributed by atoms with van der Waals surface area (Å²) in [4.78, 5) is 25.3. The van der Waals surface area contributed by atoms with Gasteiger partial charge in [-0.15, -0.1) is 0 Å². The summed E-state index contributed by atoms with van der Waals surface area (Å²) >= 11 is 6.09. The van der Waals surface area contributed by atoms with Gasteiger partial charge in [-0.05, 0) is 36.2 Å². The SMILES string of the molecule is Cc1cccc(/C=N/Nc2nc(Cl)nc3c2ncn3CC(=O)c2ccc(C#N)cc2)c1. The van der Waals surface area contributed by atoms with Gasteiger partial charge in [0, 0.05) is 5.56 Å². The Morgan fingerprint density at radius 3 is 2.81 bits per heavy atom. The molecule has 0 aliphatic carbocycles. The van der Waals surface area contributed by atoms with E-state index in [4.69, 9.17) is 16.9 Å². The zero-order valence-corrected chi connectivity index (χ0v) is 17.2. The molecule has 0 spiro atoms. The van der Waals surface area contributed by atoms with E-state index in [1.807, 2.05) is 37.3 Å². The van der Waals surface area contributed by atoms with Crippen LogP contribution in [0.2, 0.25) is 5.28 Å². The first-order valence-corrected chi connectivity index (χ1v) is 9.69. The van der Waals surface area contributed by atoms with Crippen LogP contribution in [-0.2, 0) is 6.54 Å². The molecule has 0 amide bonds. The fraction of sp³-hybridized carbons (Fsp3) is 0.0909. The van der Waals surface area contributed by atoms with E-state index in [2.05, 4.69) is 25.5 Å². The van der Waals surface area contributed by atoms with Crippen LogP contribution in [-0.4, -0.2) is 31.5 Å². The Morgan fingerprint density at radius 2 is 2.06 bits per heavy atom. The van der Waals surface area contributed by atoms with Crippen LogP contribution in [0.25, 0.3) is 11.2 Å². The van der Waals surface area contributed by atoms with E-state index in [1.165, 1.54) is 6.33 Å². The molecular weight excluding hydrogens is 414 g/mol. The molecule has 0 radical (unpaired) electrons. The van der Waals surface area contributed by atoms with Crippen molar-refractivity contribution in [3.63, 3.8) is 0 Å². The third kappa shape index (κ3) is 4.57. The first-order chi connectivity index (χ1) is 15.0. The molecule has 0 aliphatic rings. The first kappa shape index (κ1) is 20.2. The molecule has 0 atom stereocenters. The number of ketones is 1. The Bertz CT molecular complexity index is 1340. The van der Waals surface area contributed by atoms with E-state index >= 15 is 0 Å². The van der Waals surface area contributed by atoms with Gasteiger partial charge in [-0.2, -0.15) is 20.3 Å². The first-order valence-electron chi connectivity index (χ1n) is 9.31. The van der Waals surface area contributed by atoms with Gasteiger partial charge in [0.2, 0.25) is 5.28 Å². The van der Waals surface area contributed by atoms with Gasteiger partial charge in [0.05, 0.1) is 30.7 Å². The number of nitrogens with one attached hydrogen (secondary N) is 1. The second-order valence-electron chi connectivity index (χ2n) is 6.78. The summed E-state index contributed by atoms with van der Waals surface area (Å²) < 4.78 is 1.60. The highest BCUT2D eigenvalue weighted by atomic mass is 35.5. The molecule has 152 valence electrons. The minimum atomic E-state index is -0.148. The van der Waals surface area contributed by atoms with Crippen molar-refractivity contribution in [2.24, 2.45) is 5.10 Å². The Morgan fingerprint density at radius 1 is 1.26 bits per heavy atom. The largest absolute Gasteiger partial charge is 0.307 e. The Kier molecular flexibility index (Phi) is 5.69. The fourth-order valence-electron chi connectivity index (χ4n) is 3.01. The van der Waals surface area contributed by atoms with Crippen LogP contribution in [0, 0.1) is 18.3 Å². The molecule has 0 unspecified atom stereocenters. The predicted octanol–water partition coefficient (Wildman–Crippen LogP) is 3.99. The summed E-state index contributed by atoms with van der Waals surface area (Å²) in [6.07, 6.45) is 3.17. The number of aryl methyl sites for hydroxylation is 1. The zero-order valence-electron chi connectivity index (χ0n) is 16.5. The molecule has 0 bridgehead atoms. The number of carbonyl (C=O) groups excluding carboxylic acids is 1. The maximum Gasteiger partial charge on any atom is 0.226 e. The van der Waals surface area contributed by atoms with Crippen LogP contribution in [0.3, 0.4) is 0 Å². The quantitative estimate of drug-likeness (QED) is 0.215. The number of hydrogen-bond donors (Lipinski definition) is 1. The lowest BCUT2D eigenvalue weighted by molar-refractivity contribution is 0.0973. The molecule has 2 aromatic carbocycles. The van der Waals surface area contributed by atoms with E-state index in [9.17, 15) is 4.79 Å². The number of halogens is 1. The fourth-order valence-corrected chi connectivity index (χ4v) is 3.17. The number of fused-ring (bicyclic) bond motifs is 1. The Hall–Kier alpha value is -4.09. The van der Waals surface area contributed by atoms with Crippen LogP contribution < -0.4 is 5.43 Å². The van der Waals surface area contributed by atoms with Crippen molar-refractivity contribution in [3.8, 4) is 6.07 Å². The van der Waals surface area contributed by atoms with E-state index in [1.54, 1.807) is 35.0 Å². The number of hydrogen-bond acceptors (Lipinski definition) is 7. The van der Waals surface area contributed by atoms with Crippen molar-refractivity contribution in [1.29, 1.82) is 5.26 Å². The van der Waals surface area contributed by atoms with Gasteiger partial charge in [-0.3, -0.25) is 10.2 Å². The second-order valence-corrected chi connectivity index (χ2v) is 7.12. The minimum absolute atomic E-state index is 0.00771. The molecule has 4 rings (SSSR count). The number of rotatable bonds is 6. The number of aromatic nitrogens is 4. The number of nitriles is 1. The highest BCUT2D eigenvalue weighted by Crippen LogP contribution is 2.21. The summed E-state index contributed by atoms with van der Waals surface area (Å²) in [7, 11) is 0. The molecule has 0 saturated carbocycles. The molecule has 8 nitrogen and oxygen atoms in total. The molecule has 0 aliphatic heterocycles. The highest BCUT2D eigenvalue weighted by molar-refractivity contribution is 6.28. The van der Waals surface area contributed by atoms with Crippen LogP contribution in [0.1, 0.15) is 27.0 Å². The molecule has 2 aromatic heterocycles. The van der Waals surface area contributed by atoms with Crippen LogP contribution in [0.4, 0.5) is 5.82 Å². The Labute approximate surface area is 182 Å². The molecule has 0 fully saturated rings. The number of carbonyl (C=O) groups is 1. The predicted molar refractivity (Wildman–Crippen MR) is 118 cm³/mol. The van der Waals surface area contributed by atoms with E-state index in [-0.39, 0.29) is 17.6 Å². The highest BCUT2D eigenvalue weighted by Gasteiger charge is 2.15. The van der Waals surface area contributed by atoms with Crippen molar-refractivity contribution in [1.82, 2.24) is 19.5 Å². The number of benzene rings is 2. The van der Waals surface area contributed by atoms with Gasteiger partial charge in [0.25, 0.3) is 0 Å². The van der Waals surface area contributed by atoms with Crippen LogP contribution in [0.15, 0.2) is 60.0 Å². The lowest BCUT2D eigenvalue weighted by Gasteiger charge is -2.05. The summed E-state index contributed by atoms with van der Waals surface area (Å²) in [6, 6.07) is 16.4. The standard InChI is InChI=1S/C22H16ClN7O/c1-14-3-2-4-16(9-14)11-26-29-20-19-21(28-22(23)27-20)30(13-25-19)12-18(31)17-7-5-15(10-24)6-8-17/h2-9,11,13H,12H2,1H3,(H,27,28,29)/b26-11+. The summed E-state index contributed by atoms with van der Waals surface area (Å²) in [5, 5.41) is 13.1. The number of hydrazone groups is 1. The second kappa shape index (κ2) is 8.73. The monoisotopic (exact) mass is 429 g/mol. The number of anilines is 1. The van der Waals surface area contributed by atoms with Crippen LogP contribution in [0.5, 0.6) is 0 Å². The van der Waals surface area contributed by atoms with Gasteiger partial charge in [-0.25, -0.2) is 4.98 Å². The lowest BCUT2D eigenvalue weighted by Crippen LogP contribution is -2.10. The average Bonchev–Trinajstić information content (AvgIpc) is 3.16. The van der Waals surface area contributed by atoms with Gasteiger partial charge in [0.1, 0.15) is 0 Å². The normalized spacial score (nSPS) is 11.0. The lowest BCUT2D eigenvalue weighted by atomic mass is 10.1. The summed E-state index contributed by atoms with van der Waals surface area (Å²) in [6.45, 7) is 2.02.